The molecule has 2 unspecified atom stereocenters. The van der Waals surface area contributed by atoms with Crippen LogP contribution in [0.15, 0.2) is 49.2 Å². The number of primary amides is 1. The second kappa shape index (κ2) is 10.2. The Hall–Kier alpha value is -4.76. The van der Waals surface area contributed by atoms with E-state index in [1.807, 2.05) is 18.3 Å². The Morgan fingerprint density at radius 2 is 1.97 bits per heavy atom. The second-order valence-electron chi connectivity index (χ2n) is 9.73. The maximum absolute atomic E-state index is 11.0. The minimum absolute atomic E-state index is 0.139. The van der Waals surface area contributed by atoms with Gasteiger partial charge in [-0.05, 0) is 23.6 Å². The highest BCUT2D eigenvalue weighted by molar-refractivity contribution is 5.83. The van der Waals surface area contributed by atoms with Crippen molar-refractivity contribution in [2.24, 2.45) is 5.73 Å². The van der Waals surface area contributed by atoms with Crippen molar-refractivity contribution in [3.63, 3.8) is 0 Å². The number of ether oxygens (including phenoxy) is 2. The number of rotatable bonds is 8. The zero-order valence-electron chi connectivity index (χ0n) is 21.4. The van der Waals surface area contributed by atoms with Crippen LogP contribution in [0.25, 0.3) is 16.8 Å². The molecule has 1 amide bonds. The number of nitrogens with zero attached hydrogens (tertiary/aromatic N) is 8. The molecule has 39 heavy (non-hydrogen) atoms. The van der Waals surface area contributed by atoms with E-state index in [0.29, 0.717) is 41.2 Å². The van der Waals surface area contributed by atoms with Crippen LogP contribution in [0.5, 0.6) is 5.88 Å². The lowest BCUT2D eigenvalue weighted by molar-refractivity contribution is -0.00879. The molecule has 3 saturated heterocycles. The maximum Gasteiger partial charge on any atom is 0.404 e. The van der Waals surface area contributed by atoms with E-state index >= 15 is 0 Å². The van der Waals surface area contributed by atoms with Crippen LogP contribution >= 0.6 is 0 Å². The number of nitrogens with two attached hydrogens (primary N) is 1. The fourth-order valence-corrected chi connectivity index (χ4v) is 5.45. The molecule has 2 bridgehead atoms. The number of methoxy groups -OCH3 is 1. The number of piperidine rings is 1. The van der Waals surface area contributed by atoms with Gasteiger partial charge in [0, 0.05) is 62.2 Å². The number of hydrogen-bond acceptors (Lipinski definition) is 10. The first-order valence-electron chi connectivity index (χ1n) is 12.7. The number of fused-ring (bicyclic) bond motifs is 3. The van der Waals surface area contributed by atoms with Gasteiger partial charge in [0.15, 0.2) is 0 Å². The van der Waals surface area contributed by atoms with Gasteiger partial charge in [0.25, 0.3) is 0 Å². The highest BCUT2D eigenvalue weighted by Crippen LogP contribution is 2.36. The van der Waals surface area contributed by atoms with Crippen LogP contribution in [0.3, 0.4) is 0 Å². The van der Waals surface area contributed by atoms with Crippen molar-refractivity contribution in [3.8, 4) is 23.2 Å². The lowest BCUT2D eigenvalue weighted by atomic mass is 9.87. The first kappa shape index (κ1) is 24.6. The molecule has 0 aromatic carbocycles. The average molecular weight is 526 g/mol. The average Bonchev–Trinajstić information content (AvgIpc) is 3.39. The molecular formula is C27H27N9O3. The summed E-state index contributed by atoms with van der Waals surface area (Å²) in [4.78, 5) is 29.6. The molecule has 0 radical (unpaired) electrons. The Morgan fingerprint density at radius 3 is 2.64 bits per heavy atom. The summed E-state index contributed by atoms with van der Waals surface area (Å²) < 4.78 is 11.7. The van der Waals surface area contributed by atoms with Gasteiger partial charge in [0.1, 0.15) is 11.9 Å². The molecule has 3 aliphatic heterocycles. The van der Waals surface area contributed by atoms with Crippen molar-refractivity contribution >= 4 is 17.4 Å². The van der Waals surface area contributed by atoms with Gasteiger partial charge in [0.05, 0.1) is 49.1 Å². The molecule has 4 aromatic rings. The minimum Gasteiger partial charge on any atom is -0.481 e. The van der Waals surface area contributed by atoms with Gasteiger partial charge >= 0.3 is 6.09 Å². The van der Waals surface area contributed by atoms with Crippen molar-refractivity contribution in [1.29, 1.82) is 5.26 Å². The Kier molecular flexibility index (Phi) is 6.42. The van der Waals surface area contributed by atoms with Gasteiger partial charge in [-0.25, -0.2) is 19.3 Å². The number of carbonyl (C=O) groups is 1. The summed E-state index contributed by atoms with van der Waals surface area (Å²) in [7, 11) is 1.62. The number of pyridine rings is 2. The van der Waals surface area contributed by atoms with Gasteiger partial charge in [-0.3, -0.25) is 9.88 Å². The normalized spacial score (nSPS) is 18.4. The van der Waals surface area contributed by atoms with E-state index in [1.165, 1.54) is 18.2 Å². The first-order chi connectivity index (χ1) is 19.0. The molecule has 12 heteroatoms. The molecule has 2 atom stereocenters. The van der Waals surface area contributed by atoms with Gasteiger partial charge in [0.2, 0.25) is 5.88 Å². The van der Waals surface area contributed by atoms with Crippen LogP contribution in [-0.2, 0) is 17.7 Å². The molecule has 7 heterocycles. The summed E-state index contributed by atoms with van der Waals surface area (Å²) >= 11 is 0. The number of anilines is 1. The Labute approximate surface area is 224 Å². The van der Waals surface area contributed by atoms with E-state index in [4.69, 9.17) is 25.2 Å². The van der Waals surface area contributed by atoms with Crippen LogP contribution < -0.4 is 15.4 Å². The van der Waals surface area contributed by atoms with Crippen LogP contribution in [0.4, 0.5) is 10.6 Å². The summed E-state index contributed by atoms with van der Waals surface area (Å²) in [5, 5.41) is 13.9. The zero-order chi connectivity index (χ0) is 26.9. The summed E-state index contributed by atoms with van der Waals surface area (Å²) in [6.45, 7) is 2.78. The summed E-state index contributed by atoms with van der Waals surface area (Å²) in [6.07, 6.45) is 9.54. The Morgan fingerprint density at radius 1 is 1.13 bits per heavy atom. The van der Waals surface area contributed by atoms with E-state index in [-0.39, 0.29) is 6.61 Å². The molecule has 7 rings (SSSR count). The third-order valence-corrected chi connectivity index (χ3v) is 7.38. The molecular weight excluding hydrogens is 498 g/mol. The standard InChI is InChI=1S/C27H27N9O3/c1-38-25-3-2-18(9-32-25)13-35-20-7-21(35)16-34(15-20)24-12-30-23(11-31-24)22-6-17(4-5-39-27(29)37)14-36-26(22)19(8-28)10-33-36/h2-3,6,9-12,14,20-21H,4-5,7,13,15-16H2,1H3,(H2,29,37). The third kappa shape index (κ3) is 4.80. The van der Waals surface area contributed by atoms with Crippen LogP contribution in [0, 0.1) is 11.3 Å². The summed E-state index contributed by atoms with van der Waals surface area (Å²) in [5.74, 6) is 1.45. The molecule has 0 saturated carbocycles. The number of carbonyl (C=O) groups excluding carboxylic acids is 1. The largest absolute Gasteiger partial charge is 0.481 e. The minimum atomic E-state index is -0.820. The number of nitriles is 1. The van der Waals surface area contributed by atoms with Gasteiger partial charge < -0.3 is 20.1 Å². The quantitative estimate of drug-likeness (QED) is 0.363. The van der Waals surface area contributed by atoms with Crippen molar-refractivity contribution in [3.05, 3.63) is 65.9 Å². The number of hydrogen-bond donors (Lipinski definition) is 1. The lowest BCUT2D eigenvalue weighted by Gasteiger charge is -2.56. The summed E-state index contributed by atoms with van der Waals surface area (Å²) in [5.41, 5.74) is 9.59. The monoisotopic (exact) mass is 525 g/mol. The number of piperazine rings is 1. The maximum atomic E-state index is 11.0. The summed E-state index contributed by atoms with van der Waals surface area (Å²) in [6, 6.07) is 9.00. The van der Waals surface area contributed by atoms with Crippen molar-refractivity contribution in [2.75, 3.05) is 31.7 Å². The third-order valence-electron chi connectivity index (χ3n) is 7.38. The fraction of sp³-hybridized carbons (Fsp3) is 0.333. The van der Waals surface area contributed by atoms with Gasteiger partial charge in [-0.2, -0.15) is 10.4 Å². The van der Waals surface area contributed by atoms with E-state index in [2.05, 4.69) is 32.0 Å². The molecule has 3 aliphatic rings. The van der Waals surface area contributed by atoms with Gasteiger partial charge in [-0.1, -0.05) is 6.07 Å². The smallest absolute Gasteiger partial charge is 0.404 e. The predicted molar refractivity (Wildman–Crippen MR) is 141 cm³/mol. The van der Waals surface area contributed by atoms with Crippen molar-refractivity contribution in [2.45, 2.75) is 31.5 Å². The zero-order valence-corrected chi connectivity index (χ0v) is 21.4. The first-order valence-corrected chi connectivity index (χ1v) is 12.7. The van der Waals surface area contributed by atoms with Crippen molar-refractivity contribution in [1.82, 2.24) is 29.5 Å². The molecule has 198 valence electrons. The molecule has 2 N–H and O–H groups in total. The Balaban J connectivity index is 1.18. The molecule has 4 aromatic heterocycles. The lowest BCUT2D eigenvalue weighted by Crippen LogP contribution is -2.68. The predicted octanol–water partition coefficient (Wildman–Crippen LogP) is 2.17. The van der Waals surface area contributed by atoms with E-state index in [1.54, 1.807) is 30.2 Å². The molecule has 0 aliphatic carbocycles. The second-order valence-corrected chi connectivity index (χ2v) is 9.73. The highest BCUT2D eigenvalue weighted by Gasteiger charge is 2.44. The van der Waals surface area contributed by atoms with E-state index in [0.717, 1.165) is 36.6 Å². The topological polar surface area (TPSA) is 148 Å². The van der Waals surface area contributed by atoms with Crippen LogP contribution in [0.1, 0.15) is 23.1 Å². The van der Waals surface area contributed by atoms with E-state index in [9.17, 15) is 10.1 Å². The Bertz CT molecular complexity index is 1530. The SMILES string of the molecule is COc1ccc(CN2C3CC2CN(c2cnc(-c4cc(CCOC(N)=O)cn5ncc(C#N)c45)cn2)C3)cn1. The molecule has 0 spiro atoms. The molecule has 3 fully saturated rings. The van der Waals surface area contributed by atoms with Crippen LogP contribution in [0.2, 0.25) is 0 Å². The fourth-order valence-electron chi connectivity index (χ4n) is 5.45. The molecule has 12 nitrogen and oxygen atoms in total. The van der Waals surface area contributed by atoms with E-state index < -0.39 is 6.09 Å². The number of amides is 1. The number of aromatic nitrogens is 5. The van der Waals surface area contributed by atoms with Crippen molar-refractivity contribution < 1.29 is 14.3 Å². The van der Waals surface area contributed by atoms with Gasteiger partial charge in [-0.15, -0.1) is 0 Å². The van der Waals surface area contributed by atoms with Crippen LogP contribution in [-0.4, -0.2) is 74.4 Å². The highest BCUT2D eigenvalue weighted by atomic mass is 16.5.